The van der Waals surface area contributed by atoms with Gasteiger partial charge in [0.1, 0.15) is 13.2 Å². The molecule has 0 aromatic heterocycles. The number of amides is 1. The van der Waals surface area contributed by atoms with Gasteiger partial charge in [-0.15, -0.1) is 0 Å². The fourth-order valence-electron chi connectivity index (χ4n) is 2.05. The van der Waals surface area contributed by atoms with Gasteiger partial charge in [-0.25, -0.2) is 0 Å². The molecule has 0 aliphatic heterocycles. The third-order valence-electron chi connectivity index (χ3n) is 3.27. The van der Waals surface area contributed by atoms with Gasteiger partial charge in [0, 0.05) is 5.56 Å². The molecular weight excluding hydrogens is 348 g/mol. The summed E-state index contributed by atoms with van der Waals surface area (Å²) in [5.41, 5.74) is 0.950. The van der Waals surface area contributed by atoms with Gasteiger partial charge < -0.3 is 19.5 Å². The molecule has 2 aromatic rings. The average molecular weight is 365 g/mol. The number of ether oxygens (including phenoxy) is 3. The molecule has 8 heteroatoms. The van der Waals surface area contributed by atoms with E-state index in [9.17, 15) is 18.4 Å². The average Bonchev–Trinajstić information content (AvgIpc) is 2.65. The van der Waals surface area contributed by atoms with Crippen molar-refractivity contribution in [2.75, 3.05) is 13.7 Å². The summed E-state index contributed by atoms with van der Waals surface area (Å²) in [7, 11) is 1.31. The number of halogens is 2. The van der Waals surface area contributed by atoms with E-state index in [2.05, 4.69) is 10.1 Å². The van der Waals surface area contributed by atoms with Crippen LogP contribution in [0.4, 0.5) is 8.78 Å². The van der Waals surface area contributed by atoms with Gasteiger partial charge in [-0.2, -0.15) is 8.78 Å². The Morgan fingerprint density at radius 2 is 1.81 bits per heavy atom. The number of nitrogens with one attached hydrogen (secondary N) is 1. The van der Waals surface area contributed by atoms with Crippen LogP contribution in [0.2, 0.25) is 0 Å². The Bertz CT molecular complexity index is 753. The molecule has 2 aromatic carbocycles. The molecule has 26 heavy (non-hydrogen) atoms. The molecule has 138 valence electrons. The van der Waals surface area contributed by atoms with Gasteiger partial charge >= 0.3 is 12.6 Å². The number of alkyl halides is 2. The molecule has 1 amide bonds. The molecule has 0 bridgehead atoms. The summed E-state index contributed by atoms with van der Waals surface area (Å²) in [6, 6.07) is 12.6. The van der Waals surface area contributed by atoms with Crippen LogP contribution in [0.1, 0.15) is 15.9 Å². The van der Waals surface area contributed by atoms with E-state index in [0.29, 0.717) is 11.1 Å². The topological polar surface area (TPSA) is 73.9 Å². The molecule has 1 N–H and O–H groups in total. The van der Waals surface area contributed by atoms with E-state index in [1.54, 1.807) is 30.3 Å². The first-order valence-electron chi connectivity index (χ1n) is 7.60. The van der Waals surface area contributed by atoms with Crippen LogP contribution < -0.4 is 14.8 Å². The second kappa shape index (κ2) is 9.36. The third-order valence-corrected chi connectivity index (χ3v) is 3.27. The highest BCUT2D eigenvalue weighted by molar-refractivity contribution is 5.95. The van der Waals surface area contributed by atoms with Crippen molar-refractivity contribution in [3.8, 4) is 11.5 Å². The lowest BCUT2D eigenvalue weighted by Crippen LogP contribution is -2.30. The van der Waals surface area contributed by atoms with Crippen LogP contribution in [0, 0.1) is 0 Å². The highest BCUT2D eigenvalue weighted by Gasteiger charge is 2.12. The van der Waals surface area contributed by atoms with Crippen molar-refractivity contribution in [2.24, 2.45) is 0 Å². The molecule has 0 unspecified atom stereocenters. The monoisotopic (exact) mass is 365 g/mol. The van der Waals surface area contributed by atoms with Gasteiger partial charge in [0.2, 0.25) is 0 Å². The van der Waals surface area contributed by atoms with Crippen molar-refractivity contribution in [1.29, 1.82) is 0 Å². The van der Waals surface area contributed by atoms with E-state index in [-0.39, 0.29) is 24.7 Å². The summed E-state index contributed by atoms with van der Waals surface area (Å²) in [6.45, 7) is -3.37. The Morgan fingerprint density at radius 1 is 1.08 bits per heavy atom. The minimum Gasteiger partial charge on any atom is -0.493 e. The summed E-state index contributed by atoms with van der Waals surface area (Å²) >= 11 is 0. The molecule has 2 rings (SSSR count). The first-order valence-corrected chi connectivity index (χ1v) is 7.60. The number of rotatable bonds is 8. The highest BCUT2D eigenvalue weighted by atomic mass is 19.3. The van der Waals surface area contributed by atoms with Gasteiger partial charge in [0.25, 0.3) is 5.91 Å². The molecule has 0 aliphatic carbocycles. The third kappa shape index (κ3) is 5.73. The van der Waals surface area contributed by atoms with Crippen LogP contribution in [0.3, 0.4) is 0 Å². The molecule has 0 atom stereocenters. The number of esters is 1. The Labute approximate surface area is 148 Å². The maximum absolute atomic E-state index is 12.3. The molecule has 0 spiro atoms. The van der Waals surface area contributed by atoms with Crippen LogP contribution in [0.15, 0.2) is 48.5 Å². The van der Waals surface area contributed by atoms with E-state index in [0.717, 1.165) is 0 Å². The lowest BCUT2D eigenvalue weighted by atomic mass is 10.2. The van der Waals surface area contributed by atoms with Crippen molar-refractivity contribution in [3.05, 3.63) is 59.7 Å². The number of hydrogen-bond acceptors (Lipinski definition) is 5. The van der Waals surface area contributed by atoms with Gasteiger partial charge in [-0.1, -0.05) is 24.3 Å². The summed E-state index contributed by atoms with van der Waals surface area (Å²) < 4.78 is 38.9. The number of benzene rings is 2. The molecule has 0 fully saturated rings. The molecule has 0 saturated heterocycles. The fraction of sp³-hybridized carbons (Fsp3) is 0.222. The van der Waals surface area contributed by atoms with Crippen LogP contribution >= 0.6 is 0 Å². The largest absolute Gasteiger partial charge is 0.493 e. The summed E-state index contributed by atoms with van der Waals surface area (Å²) in [5, 5.41) is 2.45. The SMILES string of the molecule is COc1cc(COC(=O)CNC(=O)c2ccccc2)ccc1OC(F)F. The van der Waals surface area contributed by atoms with Crippen LogP contribution in [0.5, 0.6) is 11.5 Å². The van der Waals surface area contributed by atoms with Gasteiger partial charge in [0.05, 0.1) is 7.11 Å². The number of methoxy groups -OCH3 is 1. The molecule has 6 nitrogen and oxygen atoms in total. The second-order valence-corrected chi connectivity index (χ2v) is 5.07. The lowest BCUT2D eigenvalue weighted by Gasteiger charge is -2.12. The van der Waals surface area contributed by atoms with Gasteiger partial charge in [-0.05, 0) is 29.8 Å². The van der Waals surface area contributed by atoms with Gasteiger partial charge in [-0.3, -0.25) is 9.59 Å². The summed E-state index contributed by atoms with van der Waals surface area (Å²) in [4.78, 5) is 23.5. The summed E-state index contributed by atoms with van der Waals surface area (Å²) in [6.07, 6.45) is 0. The van der Waals surface area contributed by atoms with E-state index >= 15 is 0 Å². The maximum atomic E-state index is 12.3. The van der Waals surface area contributed by atoms with Crippen molar-refractivity contribution < 1.29 is 32.6 Å². The molecule has 0 radical (unpaired) electrons. The van der Waals surface area contributed by atoms with Gasteiger partial charge in [0.15, 0.2) is 11.5 Å². The molecule has 0 aliphatic rings. The smallest absolute Gasteiger partial charge is 0.387 e. The summed E-state index contributed by atoms with van der Waals surface area (Å²) in [5.74, 6) is -1.05. The predicted octanol–water partition coefficient (Wildman–Crippen LogP) is 2.77. The standard InChI is InChI=1S/C18H17F2NO5/c1-24-15-9-12(7-8-14(15)26-18(19)20)11-25-16(22)10-21-17(23)13-5-3-2-4-6-13/h2-9,18H,10-11H2,1H3,(H,21,23). The minimum absolute atomic E-state index is 0.0937. The van der Waals surface area contributed by atoms with Crippen molar-refractivity contribution in [3.63, 3.8) is 0 Å². The zero-order valence-electron chi connectivity index (χ0n) is 13.9. The Morgan fingerprint density at radius 3 is 2.46 bits per heavy atom. The van der Waals surface area contributed by atoms with Crippen molar-refractivity contribution in [1.82, 2.24) is 5.32 Å². The zero-order valence-corrected chi connectivity index (χ0v) is 13.9. The Kier molecular flexibility index (Phi) is 6.90. The number of hydrogen-bond donors (Lipinski definition) is 1. The van der Waals surface area contributed by atoms with Crippen LogP contribution in [-0.2, 0) is 16.1 Å². The lowest BCUT2D eigenvalue weighted by molar-refractivity contribution is -0.143. The fourth-order valence-corrected chi connectivity index (χ4v) is 2.05. The zero-order chi connectivity index (χ0) is 18.9. The minimum atomic E-state index is -2.97. The Hall–Kier alpha value is -3.16. The van der Waals surface area contributed by atoms with Crippen molar-refractivity contribution >= 4 is 11.9 Å². The highest BCUT2D eigenvalue weighted by Crippen LogP contribution is 2.29. The first kappa shape index (κ1) is 19.2. The van der Waals surface area contributed by atoms with E-state index < -0.39 is 18.5 Å². The van der Waals surface area contributed by atoms with E-state index in [1.165, 1.54) is 25.3 Å². The van der Waals surface area contributed by atoms with Crippen molar-refractivity contribution in [2.45, 2.75) is 13.2 Å². The number of carbonyl (C=O) groups excluding carboxylic acids is 2. The van der Waals surface area contributed by atoms with Crippen LogP contribution in [0.25, 0.3) is 0 Å². The normalized spacial score (nSPS) is 10.3. The van der Waals surface area contributed by atoms with Crippen LogP contribution in [-0.4, -0.2) is 32.1 Å². The van der Waals surface area contributed by atoms with E-state index in [4.69, 9.17) is 9.47 Å². The quantitative estimate of drug-likeness (QED) is 0.728. The molecular formula is C18H17F2NO5. The molecule has 0 saturated carbocycles. The predicted molar refractivity (Wildman–Crippen MR) is 88.2 cm³/mol. The Balaban J connectivity index is 1.84. The maximum Gasteiger partial charge on any atom is 0.387 e. The first-order chi connectivity index (χ1) is 12.5. The number of carbonyl (C=O) groups is 2. The molecule has 0 heterocycles. The van der Waals surface area contributed by atoms with E-state index in [1.807, 2.05) is 0 Å². The second-order valence-electron chi connectivity index (χ2n) is 5.07.